The molecule has 1 amide bonds. The van der Waals surface area contributed by atoms with Crippen LogP contribution in [0.25, 0.3) is 22.6 Å². The first-order valence-electron chi connectivity index (χ1n) is 11.8. The van der Waals surface area contributed by atoms with Gasteiger partial charge in [0.15, 0.2) is 17.1 Å². The van der Waals surface area contributed by atoms with E-state index in [0.29, 0.717) is 54.2 Å². The van der Waals surface area contributed by atoms with Gasteiger partial charge in [0, 0.05) is 16.8 Å². The van der Waals surface area contributed by atoms with E-state index in [0.717, 1.165) is 27.8 Å². The fraction of sp³-hybridized carbons (Fsp3) is 0.286. The topological polar surface area (TPSA) is 82.8 Å². The SMILES string of the molecule is CCOc1cc(C(=O)Nc2cc(-c3nc4cc(C)ccc4o3)ccc2C)cc(OCC)c1OCC. The van der Waals surface area contributed by atoms with Crippen molar-refractivity contribution < 1.29 is 23.4 Å². The molecule has 0 aliphatic carbocycles. The molecule has 4 rings (SSSR count). The van der Waals surface area contributed by atoms with Crippen LogP contribution in [0.1, 0.15) is 42.3 Å². The first-order chi connectivity index (χ1) is 16.9. The van der Waals surface area contributed by atoms with Gasteiger partial charge in [-0.05, 0) is 82.1 Å². The van der Waals surface area contributed by atoms with Crippen LogP contribution < -0.4 is 19.5 Å². The number of rotatable bonds is 9. The number of aromatic nitrogens is 1. The second-order valence-electron chi connectivity index (χ2n) is 8.07. The number of oxazole rings is 1. The molecule has 0 bridgehead atoms. The summed E-state index contributed by atoms with van der Waals surface area (Å²) in [5.74, 6) is 1.65. The Morgan fingerprint density at radius 2 is 1.57 bits per heavy atom. The number of hydrogen-bond donors (Lipinski definition) is 1. The van der Waals surface area contributed by atoms with Crippen molar-refractivity contribution in [1.29, 1.82) is 0 Å². The first kappa shape index (κ1) is 24.1. The summed E-state index contributed by atoms with van der Waals surface area (Å²) in [6.07, 6.45) is 0. The summed E-state index contributed by atoms with van der Waals surface area (Å²) in [6, 6.07) is 15.0. The fourth-order valence-electron chi connectivity index (χ4n) is 3.76. The maximum Gasteiger partial charge on any atom is 0.255 e. The smallest absolute Gasteiger partial charge is 0.255 e. The summed E-state index contributed by atoms with van der Waals surface area (Å²) in [5, 5.41) is 3.01. The average Bonchev–Trinajstić information content (AvgIpc) is 3.25. The Morgan fingerprint density at radius 3 is 2.23 bits per heavy atom. The molecule has 7 nitrogen and oxygen atoms in total. The molecule has 0 radical (unpaired) electrons. The normalized spacial score (nSPS) is 10.9. The van der Waals surface area contributed by atoms with Crippen LogP contribution in [0.4, 0.5) is 5.69 Å². The zero-order valence-electron chi connectivity index (χ0n) is 20.7. The van der Waals surface area contributed by atoms with Crippen molar-refractivity contribution in [2.24, 2.45) is 0 Å². The zero-order valence-corrected chi connectivity index (χ0v) is 20.7. The van der Waals surface area contributed by atoms with Gasteiger partial charge < -0.3 is 23.9 Å². The Kier molecular flexibility index (Phi) is 7.25. The molecule has 0 saturated heterocycles. The Hall–Kier alpha value is -4.00. The number of anilines is 1. The number of nitrogens with zero attached hydrogens (tertiary/aromatic N) is 1. The quantitative estimate of drug-likeness (QED) is 0.296. The Morgan fingerprint density at radius 1 is 0.886 bits per heavy atom. The van der Waals surface area contributed by atoms with Gasteiger partial charge in [0.1, 0.15) is 5.52 Å². The number of aryl methyl sites for hydroxylation is 2. The van der Waals surface area contributed by atoms with Crippen molar-refractivity contribution in [2.75, 3.05) is 25.1 Å². The zero-order chi connectivity index (χ0) is 24.9. The molecule has 35 heavy (non-hydrogen) atoms. The van der Waals surface area contributed by atoms with Crippen LogP contribution in [-0.2, 0) is 0 Å². The number of hydrogen-bond acceptors (Lipinski definition) is 6. The van der Waals surface area contributed by atoms with Crippen molar-refractivity contribution in [3.63, 3.8) is 0 Å². The highest BCUT2D eigenvalue weighted by Gasteiger charge is 2.19. The van der Waals surface area contributed by atoms with E-state index in [9.17, 15) is 4.79 Å². The highest BCUT2D eigenvalue weighted by Crippen LogP contribution is 2.39. The third kappa shape index (κ3) is 5.24. The number of ether oxygens (including phenoxy) is 3. The molecule has 3 aromatic carbocycles. The Balaban J connectivity index is 1.66. The van der Waals surface area contributed by atoms with E-state index in [1.54, 1.807) is 12.1 Å². The Labute approximate surface area is 205 Å². The van der Waals surface area contributed by atoms with E-state index in [1.165, 1.54) is 0 Å². The van der Waals surface area contributed by atoms with Crippen LogP contribution in [-0.4, -0.2) is 30.7 Å². The van der Waals surface area contributed by atoms with Crippen LogP contribution >= 0.6 is 0 Å². The van der Waals surface area contributed by atoms with Crippen molar-refractivity contribution >= 4 is 22.7 Å². The second-order valence-corrected chi connectivity index (χ2v) is 8.07. The molecule has 0 fully saturated rings. The van der Waals surface area contributed by atoms with E-state index < -0.39 is 0 Å². The molecule has 182 valence electrons. The lowest BCUT2D eigenvalue weighted by atomic mass is 10.1. The van der Waals surface area contributed by atoms with Gasteiger partial charge in [-0.2, -0.15) is 0 Å². The molecule has 1 N–H and O–H groups in total. The molecule has 0 aliphatic rings. The number of fused-ring (bicyclic) bond motifs is 1. The molecular weight excluding hydrogens is 444 g/mol. The summed E-state index contributed by atoms with van der Waals surface area (Å²) in [6.45, 7) is 10.9. The number of amides is 1. The number of nitrogens with one attached hydrogen (secondary N) is 1. The number of carbonyl (C=O) groups excluding carboxylic acids is 1. The van der Waals surface area contributed by atoms with Gasteiger partial charge in [-0.15, -0.1) is 0 Å². The van der Waals surface area contributed by atoms with Crippen molar-refractivity contribution in [2.45, 2.75) is 34.6 Å². The highest BCUT2D eigenvalue weighted by atomic mass is 16.5. The Bertz CT molecular complexity index is 1330. The molecule has 0 unspecified atom stereocenters. The summed E-state index contributed by atoms with van der Waals surface area (Å²) in [7, 11) is 0. The summed E-state index contributed by atoms with van der Waals surface area (Å²) < 4.78 is 23.2. The minimum atomic E-state index is -0.289. The summed E-state index contributed by atoms with van der Waals surface area (Å²) >= 11 is 0. The molecular formula is C28H30N2O5. The van der Waals surface area contributed by atoms with E-state index in [1.807, 2.05) is 71.0 Å². The van der Waals surface area contributed by atoms with Crippen molar-refractivity contribution in [1.82, 2.24) is 4.98 Å². The van der Waals surface area contributed by atoms with Crippen LogP contribution in [0.5, 0.6) is 17.2 Å². The second kappa shape index (κ2) is 10.5. The third-order valence-electron chi connectivity index (χ3n) is 5.45. The minimum Gasteiger partial charge on any atom is -0.490 e. The van der Waals surface area contributed by atoms with Crippen LogP contribution in [0, 0.1) is 13.8 Å². The predicted octanol–water partition coefficient (Wildman–Crippen LogP) is 6.56. The molecule has 7 heteroatoms. The molecule has 0 atom stereocenters. The van der Waals surface area contributed by atoms with Gasteiger partial charge in [-0.1, -0.05) is 12.1 Å². The largest absolute Gasteiger partial charge is 0.490 e. The van der Waals surface area contributed by atoms with Gasteiger partial charge >= 0.3 is 0 Å². The van der Waals surface area contributed by atoms with E-state index in [2.05, 4.69) is 10.3 Å². The van der Waals surface area contributed by atoms with Gasteiger partial charge in [0.25, 0.3) is 5.91 Å². The molecule has 1 heterocycles. The minimum absolute atomic E-state index is 0.289. The lowest BCUT2D eigenvalue weighted by Gasteiger charge is -2.17. The van der Waals surface area contributed by atoms with Crippen LogP contribution in [0.2, 0.25) is 0 Å². The molecule has 0 aliphatic heterocycles. The average molecular weight is 475 g/mol. The van der Waals surface area contributed by atoms with Crippen LogP contribution in [0.3, 0.4) is 0 Å². The predicted molar refractivity (Wildman–Crippen MR) is 137 cm³/mol. The van der Waals surface area contributed by atoms with E-state index in [4.69, 9.17) is 18.6 Å². The first-order valence-corrected chi connectivity index (χ1v) is 11.8. The number of carbonyl (C=O) groups is 1. The van der Waals surface area contributed by atoms with Crippen molar-refractivity contribution in [3.8, 4) is 28.7 Å². The van der Waals surface area contributed by atoms with E-state index >= 15 is 0 Å². The number of benzene rings is 3. The van der Waals surface area contributed by atoms with E-state index in [-0.39, 0.29) is 5.91 Å². The maximum absolute atomic E-state index is 13.3. The van der Waals surface area contributed by atoms with Crippen LogP contribution in [0.15, 0.2) is 52.9 Å². The summed E-state index contributed by atoms with van der Waals surface area (Å²) in [4.78, 5) is 17.9. The maximum atomic E-state index is 13.3. The molecule has 4 aromatic rings. The van der Waals surface area contributed by atoms with Crippen molar-refractivity contribution in [3.05, 3.63) is 65.2 Å². The lowest BCUT2D eigenvalue weighted by molar-refractivity contribution is 0.102. The van der Waals surface area contributed by atoms with Gasteiger partial charge in [0.2, 0.25) is 11.6 Å². The summed E-state index contributed by atoms with van der Waals surface area (Å²) in [5.41, 5.74) is 5.39. The van der Waals surface area contributed by atoms with Gasteiger partial charge in [-0.3, -0.25) is 4.79 Å². The molecule has 0 saturated carbocycles. The van der Waals surface area contributed by atoms with Gasteiger partial charge in [0.05, 0.1) is 19.8 Å². The molecule has 0 spiro atoms. The third-order valence-corrected chi connectivity index (χ3v) is 5.45. The standard InChI is InChI=1S/C28H30N2O5/c1-6-32-24-15-20(16-25(33-7-2)26(24)34-8-3)27(31)29-21-14-19(11-10-18(21)5)28-30-22-13-17(4)9-12-23(22)35-28/h9-16H,6-8H2,1-5H3,(H,29,31). The van der Waals surface area contributed by atoms with Gasteiger partial charge in [-0.25, -0.2) is 4.98 Å². The monoisotopic (exact) mass is 474 g/mol. The lowest BCUT2D eigenvalue weighted by Crippen LogP contribution is -2.14. The highest BCUT2D eigenvalue weighted by molar-refractivity contribution is 6.05. The molecule has 1 aromatic heterocycles. The fourth-order valence-corrected chi connectivity index (χ4v) is 3.76.